The zero-order valence-corrected chi connectivity index (χ0v) is 11.9. The molecule has 0 unspecified atom stereocenters. The molecule has 0 aliphatic heterocycles. The molecule has 112 valence electrons. The lowest BCUT2D eigenvalue weighted by atomic mass is 10.1. The average molecular weight is 294 g/mol. The molecule has 6 heteroatoms. The van der Waals surface area contributed by atoms with Crippen LogP contribution in [0.3, 0.4) is 0 Å². The standard InChI is InChI=1S/C15H16F2N2O2/c1-10(7-8-18)19(2)15(21)6-5-14(20)12-4-3-11(16)9-13(12)17/h3-4,9-10H,5-7H2,1-2H3/t10-/m0/s1. The van der Waals surface area contributed by atoms with E-state index in [-0.39, 0.29) is 36.8 Å². The number of nitriles is 1. The number of rotatable bonds is 6. The van der Waals surface area contributed by atoms with E-state index in [1.807, 2.05) is 6.07 Å². The number of halogens is 2. The van der Waals surface area contributed by atoms with Crippen LogP contribution in [0.4, 0.5) is 8.78 Å². The van der Waals surface area contributed by atoms with Gasteiger partial charge in [-0.3, -0.25) is 9.59 Å². The fraction of sp³-hybridized carbons (Fsp3) is 0.400. The summed E-state index contributed by atoms with van der Waals surface area (Å²) < 4.78 is 26.2. The van der Waals surface area contributed by atoms with Crippen molar-refractivity contribution < 1.29 is 18.4 Å². The van der Waals surface area contributed by atoms with E-state index >= 15 is 0 Å². The SMILES string of the molecule is C[C@@H](CC#N)N(C)C(=O)CCC(=O)c1ccc(F)cc1F. The summed E-state index contributed by atoms with van der Waals surface area (Å²) in [6, 6.07) is 4.41. The molecule has 1 aromatic carbocycles. The Morgan fingerprint density at radius 1 is 1.33 bits per heavy atom. The van der Waals surface area contributed by atoms with Gasteiger partial charge in [0.15, 0.2) is 5.78 Å². The van der Waals surface area contributed by atoms with Crippen LogP contribution < -0.4 is 0 Å². The molecule has 0 aliphatic carbocycles. The van der Waals surface area contributed by atoms with E-state index in [9.17, 15) is 18.4 Å². The molecule has 0 N–H and O–H groups in total. The first kappa shape index (κ1) is 16.8. The minimum atomic E-state index is -0.932. The number of benzene rings is 1. The van der Waals surface area contributed by atoms with Gasteiger partial charge in [0.25, 0.3) is 0 Å². The molecule has 1 atom stereocenters. The van der Waals surface area contributed by atoms with Crippen LogP contribution in [-0.2, 0) is 4.79 Å². The van der Waals surface area contributed by atoms with E-state index in [1.165, 1.54) is 4.90 Å². The van der Waals surface area contributed by atoms with Gasteiger partial charge >= 0.3 is 0 Å². The average Bonchev–Trinajstić information content (AvgIpc) is 2.43. The molecule has 0 fully saturated rings. The minimum absolute atomic E-state index is 0.0814. The summed E-state index contributed by atoms with van der Waals surface area (Å²) in [5.74, 6) is -2.54. The quantitative estimate of drug-likeness (QED) is 0.758. The third-order valence-corrected chi connectivity index (χ3v) is 3.24. The van der Waals surface area contributed by atoms with Crippen molar-refractivity contribution in [3.63, 3.8) is 0 Å². The number of amides is 1. The number of nitrogens with zero attached hydrogens (tertiary/aromatic N) is 2. The van der Waals surface area contributed by atoms with Crippen molar-refractivity contribution in [2.75, 3.05) is 7.05 Å². The van der Waals surface area contributed by atoms with Crippen molar-refractivity contribution in [3.05, 3.63) is 35.4 Å². The third-order valence-electron chi connectivity index (χ3n) is 3.24. The first-order valence-electron chi connectivity index (χ1n) is 6.47. The van der Waals surface area contributed by atoms with Crippen molar-refractivity contribution in [2.45, 2.75) is 32.2 Å². The monoisotopic (exact) mass is 294 g/mol. The molecule has 0 saturated heterocycles. The lowest BCUT2D eigenvalue weighted by molar-refractivity contribution is -0.131. The van der Waals surface area contributed by atoms with Gasteiger partial charge in [0.05, 0.1) is 18.1 Å². The molecular formula is C15H16F2N2O2. The van der Waals surface area contributed by atoms with E-state index in [1.54, 1.807) is 14.0 Å². The molecule has 1 amide bonds. The van der Waals surface area contributed by atoms with Gasteiger partial charge < -0.3 is 4.90 Å². The normalized spacial score (nSPS) is 11.6. The molecule has 0 aromatic heterocycles. The minimum Gasteiger partial charge on any atom is -0.342 e. The summed E-state index contributed by atoms with van der Waals surface area (Å²) >= 11 is 0. The first-order valence-corrected chi connectivity index (χ1v) is 6.47. The van der Waals surface area contributed by atoms with E-state index < -0.39 is 17.4 Å². The Labute approximate surface area is 122 Å². The summed E-state index contributed by atoms with van der Waals surface area (Å²) in [5.41, 5.74) is -0.225. The second kappa shape index (κ2) is 7.48. The maximum Gasteiger partial charge on any atom is 0.223 e. The van der Waals surface area contributed by atoms with Crippen molar-refractivity contribution in [3.8, 4) is 6.07 Å². The van der Waals surface area contributed by atoms with E-state index in [0.717, 1.165) is 12.1 Å². The molecule has 21 heavy (non-hydrogen) atoms. The number of hydrogen-bond donors (Lipinski definition) is 0. The van der Waals surface area contributed by atoms with Crippen LogP contribution in [0.15, 0.2) is 18.2 Å². The molecule has 0 bridgehead atoms. The summed E-state index contributed by atoms with van der Waals surface area (Å²) in [6.07, 6.45) is -0.0459. The second-order valence-corrected chi connectivity index (χ2v) is 4.76. The summed E-state index contributed by atoms with van der Waals surface area (Å²) in [7, 11) is 1.55. The lowest BCUT2D eigenvalue weighted by Crippen LogP contribution is -2.34. The molecule has 1 aromatic rings. The summed E-state index contributed by atoms with van der Waals surface area (Å²) in [6.45, 7) is 1.72. The van der Waals surface area contributed by atoms with Crippen LogP contribution in [0, 0.1) is 23.0 Å². The van der Waals surface area contributed by atoms with Crippen molar-refractivity contribution in [2.24, 2.45) is 0 Å². The summed E-state index contributed by atoms with van der Waals surface area (Å²) in [5, 5.41) is 8.57. The van der Waals surface area contributed by atoms with Gasteiger partial charge in [-0.2, -0.15) is 5.26 Å². The molecule has 0 radical (unpaired) electrons. The molecule has 0 heterocycles. The van der Waals surface area contributed by atoms with E-state index in [2.05, 4.69) is 0 Å². The molecule has 1 rings (SSSR count). The van der Waals surface area contributed by atoms with Crippen LogP contribution in [0.2, 0.25) is 0 Å². The van der Waals surface area contributed by atoms with Gasteiger partial charge in [-0.25, -0.2) is 8.78 Å². The predicted octanol–water partition coefficient (Wildman–Crippen LogP) is 2.69. The van der Waals surface area contributed by atoms with E-state index in [0.29, 0.717) is 6.07 Å². The van der Waals surface area contributed by atoms with Crippen LogP contribution in [0.25, 0.3) is 0 Å². The smallest absolute Gasteiger partial charge is 0.223 e. The Kier molecular flexibility index (Phi) is 5.97. The van der Waals surface area contributed by atoms with Crippen molar-refractivity contribution >= 4 is 11.7 Å². The highest BCUT2D eigenvalue weighted by Crippen LogP contribution is 2.13. The fourth-order valence-corrected chi connectivity index (χ4v) is 1.76. The maximum absolute atomic E-state index is 13.4. The largest absolute Gasteiger partial charge is 0.342 e. The predicted molar refractivity (Wildman–Crippen MR) is 72.4 cm³/mol. The van der Waals surface area contributed by atoms with Gasteiger partial charge in [0, 0.05) is 32.0 Å². The topological polar surface area (TPSA) is 61.2 Å². The van der Waals surface area contributed by atoms with E-state index in [4.69, 9.17) is 5.26 Å². The highest BCUT2D eigenvalue weighted by molar-refractivity contribution is 5.98. The Morgan fingerprint density at radius 2 is 2.00 bits per heavy atom. The third kappa shape index (κ3) is 4.63. The van der Waals surface area contributed by atoms with Gasteiger partial charge in [-0.05, 0) is 19.1 Å². The van der Waals surface area contributed by atoms with Gasteiger partial charge in [-0.15, -0.1) is 0 Å². The fourth-order valence-electron chi connectivity index (χ4n) is 1.76. The van der Waals surface area contributed by atoms with Gasteiger partial charge in [0.1, 0.15) is 11.6 Å². The molecular weight excluding hydrogens is 278 g/mol. The molecule has 4 nitrogen and oxygen atoms in total. The summed E-state index contributed by atoms with van der Waals surface area (Å²) in [4.78, 5) is 25.0. The molecule has 0 aliphatic rings. The highest BCUT2D eigenvalue weighted by atomic mass is 19.1. The van der Waals surface area contributed by atoms with Gasteiger partial charge in [0.2, 0.25) is 5.91 Å². The first-order chi connectivity index (χ1) is 9.86. The molecule has 0 spiro atoms. The number of ketones is 1. The van der Waals surface area contributed by atoms with Gasteiger partial charge in [-0.1, -0.05) is 0 Å². The van der Waals surface area contributed by atoms with Crippen LogP contribution in [0.1, 0.15) is 36.5 Å². The Hall–Kier alpha value is -2.29. The number of carbonyl (C=O) groups is 2. The maximum atomic E-state index is 13.4. The Bertz CT molecular complexity index is 582. The zero-order chi connectivity index (χ0) is 16.0. The van der Waals surface area contributed by atoms with Crippen LogP contribution >= 0.6 is 0 Å². The number of carbonyl (C=O) groups excluding carboxylic acids is 2. The number of Topliss-reactive ketones (excluding diaryl/α,β-unsaturated/α-hetero) is 1. The Morgan fingerprint density at radius 3 is 2.57 bits per heavy atom. The molecule has 0 saturated carbocycles. The van der Waals surface area contributed by atoms with Crippen LogP contribution in [0.5, 0.6) is 0 Å². The highest BCUT2D eigenvalue weighted by Gasteiger charge is 2.18. The lowest BCUT2D eigenvalue weighted by Gasteiger charge is -2.22. The van der Waals surface area contributed by atoms with Crippen molar-refractivity contribution in [1.29, 1.82) is 5.26 Å². The second-order valence-electron chi connectivity index (χ2n) is 4.76. The zero-order valence-electron chi connectivity index (χ0n) is 11.9. The Balaban J connectivity index is 2.60. The van der Waals surface area contributed by atoms with Crippen molar-refractivity contribution in [1.82, 2.24) is 4.90 Å². The number of hydrogen-bond acceptors (Lipinski definition) is 3. The van der Waals surface area contributed by atoms with Crippen LogP contribution in [-0.4, -0.2) is 29.7 Å².